The van der Waals surface area contributed by atoms with Crippen LogP contribution in [0.2, 0.25) is 0 Å². The maximum Gasteiger partial charge on any atom is 0.534 e. The Kier molecular flexibility index (Phi) is 7.88. The van der Waals surface area contributed by atoms with Gasteiger partial charge >= 0.3 is 15.6 Å². The van der Waals surface area contributed by atoms with Crippen molar-refractivity contribution in [1.29, 1.82) is 0 Å². The van der Waals surface area contributed by atoms with Crippen LogP contribution in [-0.2, 0) is 10.1 Å². The van der Waals surface area contributed by atoms with E-state index in [0.717, 1.165) is 30.8 Å². The minimum Gasteiger partial charge on any atom is -0.376 e. The first-order valence-corrected chi connectivity index (χ1v) is 9.92. The van der Waals surface area contributed by atoms with E-state index in [9.17, 15) is 21.6 Å². The molecule has 0 spiro atoms. The Morgan fingerprint density at radius 2 is 1.62 bits per heavy atom. The Hall–Kier alpha value is -0.930. The van der Waals surface area contributed by atoms with Crippen LogP contribution in [0.4, 0.5) is 13.2 Å². The molecule has 0 atom stereocenters. The van der Waals surface area contributed by atoms with Crippen LogP contribution < -0.4 is 4.18 Å². The quantitative estimate of drug-likeness (QED) is 0.576. The van der Waals surface area contributed by atoms with Crippen LogP contribution in [0.3, 0.4) is 0 Å². The van der Waals surface area contributed by atoms with Crippen LogP contribution in [-0.4, -0.2) is 44.2 Å². The van der Waals surface area contributed by atoms with Crippen LogP contribution in [0.15, 0.2) is 29.2 Å². The molecule has 0 N–H and O–H groups in total. The molecule has 0 bridgehead atoms. The van der Waals surface area contributed by atoms with Crippen molar-refractivity contribution in [3.05, 3.63) is 24.3 Å². The summed E-state index contributed by atoms with van der Waals surface area (Å²) in [5, 5.41) is 0.460. The number of hydrogen-bond acceptors (Lipinski definition) is 5. The lowest BCUT2D eigenvalue weighted by molar-refractivity contribution is -0.0500. The third-order valence-electron chi connectivity index (χ3n) is 3.28. The Morgan fingerprint density at radius 3 is 2.08 bits per heavy atom. The fourth-order valence-corrected chi connectivity index (χ4v) is 3.63. The number of rotatable bonds is 4. The summed E-state index contributed by atoms with van der Waals surface area (Å²) in [5.74, 6) is -0.343. The van der Waals surface area contributed by atoms with E-state index in [0.29, 0.717) is 5.25 Å². The second-order valence-electron chi connectivity index (χ2n) is 5.08. The van der Waals surface area contributed by atoms with E-state index in [4.69, 9.17) is 0 Å². The van der Waals surface area contributed by atoms with Crippen molar-refractivity contribution >= 4 is 21.9 Å². The minimum absolute atomic E-state index is 0.343. The number of likely N-dealkylation sites (tertiary alicyclic amines) is 1. The molecule has 1 heterocycles. The first-order valence-electron chi connectivity index (χ1n) is 7.63. The third-order valence-corrected chi connectivity index (χ3v) is 5.61. The molecule has 1 aromatic rings. The largest absolute Gasteiger partial charge is 0.534 e. The van der Waals surface area contributed by atoms with Crippen LogP contribution in [0, 0.1) is 0 Å². The van der Waals surface area contributed by atoms with Gasteiger partial charge in [-0.15, -0.1) is 11.8 Å². The summed E-state index contributed by atoms with van der Waals surface area (Å²) >= 11 is 1.64. The van der Waals surface area contributed by atoms with Gasteiger partial charge in [0.1, 0.15) is 5.75 Å². The second kappa shape index (κ2) is 8.96. The van der Waals surface area contributed by atoms with E-state index in [1.807, 2.05) is 13.8 Å². The van der Waals surface area contributed by atoms with Gasteiger partial charge in [0.2, 0.25) is 0 Å². The SMILES string of the molecule is CC.CN1CCC(Sc2ccc(OS(=O)(=O)C(F)(F)F)cc2)CC1. The number of alkyl halides is 3. The predicted octanol–water partition coefficient (Wildman–Crippen LogP) is 4.13. The Morgan fingerprint density at radius 1 is 1.12 bits per heavy atom. The fourth-order valence-electron chi connectivity index (χ4n) is 2.04. The molecule has 4 nitrogen and oxygen atoms in total. The second-order valence-corrected chi connectivity index (χ2v) is 7.99. The highest BCUT2D eigenvalue weighted by molar-refractivity contribution is 8.00. The van der Waals surface area contributed by atoms with Crippen molar-refractivity contribution < 1.29 is 25.8 Å². The molecule has 0 amide bonds. The van der Waals surface area contributed by atoms with Gasteiger partial charge in [-0.2, -0.15) is 21.6 Å². The lowest BCUT2D eigenvalue weighted by Gasteiger charge is -2.28. The van der Waals surface area contributed by atoms with Gasteiger partial charge in [0, 0.05) is 10.1 Å². The Labute approximate surface area is 145 Å². The molecular formula is C15H22F3NO3S2. The van der Waals surface area contributed by atoms with Crippen LogP contribution >= 0.6 is 11.8 Å². The molecule has 0 aliphatic carbocycles. The summed E-state index contributed by atoms with van der Waals surface area (Å²) < 4.78 is 62.5. The highest BCUT2D eigenvalue weighted by Crippen LogP contribution is 2.32. The van der Waals surface area contributed by atoms with Crippen molar-refractivity contribution in [3.8, 4) is 5.75 Å². The van der Waals surface area contributed by atoms with E-state index in [1.165, 1.54) is 12.1 Å². The first kappa shape index (κ1) is 21.1. The van der Waals surface area contributed by atoms with Crippen LogP contribution in [0.5, 0.6) is 5.75 Å². The zero-order chi connectivity index (χ0) is 18.4. The van der Waals surface area contributed by atoms with Crippen molar-refractivity contribution in [2.75, 3.05) is 20.1 Å². The molecule has 0 aromatic heterocycles. The number of piperidine rings is 1. The van der Waals surface area contributed by atoms with E-state index < -0.39 is 15.6 Å². The lowest BCUT2D eigenvalue weighted by atomic mass is 10.1. The third kappa shape index (κ3) is 6.18. The van der Waals surface area contributed by atoms with Crippen molar-refractivity contribution in [1.82, 2.24) is 4.90 Å². The van der Waals surface area contributed by atoms with Gasteiger partial charge in [-0.1, -0.05) is 13.8 Å². The van der Waals surface area contributed by atoms with Crippen LogP contribution in [0.25, 0.3) is 0 Å². The average molecular weight is 385 g/mol. The zero-order valence-corrected chi connectivity index (χ0v) is 15.5. The summed E-state index contributed by atoms with van der Waals surface area (Å²) in [6, 6.07) is 5.62. The highest BCUT2D eigenvalue weighted by Gasteiger charge is 2.48. The fraction of sp³-hybridized carbons (Fsp3) is 0.600. The average Bonchev–Trinajstić information content (AvgIpc) is 2.52. The first-order chi connectivity index (χ1) is 11.2. The predicted molar refractivity (Wildman–Crippen MR) is 89.8 cm³/mol. The van der Waals surface area contributed by atoms with E-state index >= 15 is 0 Å². The minimum atomic E-state index is -5.61. The normalized spacial score (nSPS) is 17.1. The molecular weight excluding hydrogens is 363 g/mol. The van der Waals surface area contributed by atoms with E-state index in [2.05, 4.69) is 16.1 Å². The lowest BCUT2D eigenvalue weighted by Crippen LogP contribution is -2.31. The number of benzene rings is 1. The summed E-state index contributed by atoms with van der Waals surface area (Å²) in [4.78, 5) is 3.13. The summed E-state index contributed by atoms with van der Waals surface area (Å²) in [7, 11) is -3.55. The van der Waals surface area contributed by atoms with Gasteiger partial charge in [-0.05, 0) is 57.2 Å². The smallest absolute Gasteiger partial charge is 0.376 e. The molecule has 1 saturated heterocycles. The molecule has 0 radical (unpaired) electrons. The monoisotopic (exact) mass is 385 g/mol. The Balaban J connectivity index is 0.00000139. The molecule has 1 aliphatic rings. The standard InChI is InChI=1S/C13H16F3NO3S2.C2H6/c1-17-8-6-12(7-9-17)21-11-4-2-10(3-5-11)20-22(18,19)13(14,15)16;1-2/h2-5,12H,6-9H2,1H3;1-2H3. The molecule has 0 saturated carbocycles. The number of hydrogen-bond donors (Lipinski definition) is 0. The number of thioether (sulfide) groups is 1. The van der Waals surface area contributed by atoms with Gasteiger partial charge in [-0.3, -0.25) is 0 Å². The summed E-state index contributed by atoms with van der Waals surface area (Å²) in [6.07, 6.45) is 2.09. The van der Waals surface area contributed by atoms with Gasteiger partial charge in [0.15, 0.2) is 0 Å². The summed E-state index contributed by atoms with van der Waals surface area (Å²) in [6.45, 7) is 6.03. The van der Waals surface area contributed by atoms with Crippen molar-refractivity contribution in [2.45, 2.75) is 42.3 Å². The molecule has 0 unspecified atom stereocenters. The van der Waals surface area contributed by atoms with Gasteiger partial charge in [0.25, 0.3) is 0 Å². The maximum atomic E-state index is 12.2. The zero-order valence-electron chi connectivity index (χ0n) is 13.8. The van der Waals surface area contributed by atoms with Crippen molar-refractivity contribution in [3.63, 3.8) is 0 Å². The molecule has 1 aliphatic heterocycles. The highest BCUT2D eigenvalue weighted by atomic mass is 32.2. The Bertz CT molecular complexity index is 595. The molecule has 1 aromatic carbocycles. The molecule has 24 heavy (non-hydrogen) atoms. The molecule has 2 rings (SSSR count). The van der Waals surface area contributed by atoms with Gasteiger partial charge in [-0.25, -0.2) is 0 Å². The van der Waals surface area contributed by atoms with Crippen LogP contribution in [0.1, 0.15) is 26.7 Å². The van der Waals surface area contributed by atoms with Gasteiger partial charge in [0.05, 0.1) is 0 Å². The molecule has 9 heteroatoms. The van der Waals surface area contributed by atoms with Crippen molar-refractivity contribution in [2.24, 2.45) is 0 Å². The number of halogens is 3. The van der Waals surface area contributed by atoms with E-state index in [-0.39, 0.29) is 5.75 Å². The number of nitrogens with zero attached hydrogens (tertiary/aromatic N) is 1. The topological polar surface area (TPSA) is 46.6 Å². The molecule has 1 fully saturated rings. The summed E-state index contributed by atoms with van der Waals surface area (Å²) in [5.41, 5.74) is -5.42. The molecule has 138 valence electrons. The van der Waals surface area contributed by atoms with E-state index in [1.54, 1.807) is 23.9 Å². The van der Waals surface area contributed by atoms with Gasteiger partial charge < -0.3 is 9.08 Å². The maximum absolute atomic E-state index is 12.2.